The Labute approximate surface area is 215 Å². The van der Waals surface area contributed by atoms with E-state index >= 15 is 0 Å². The van der Waals surface area contributed by atoms with E-state index in [0.717, 1.165) is 24.0 Å². The van der Waals surface area contributed by atoms with Crippen LogP contribution in [0.2, 0.25) is 0 Å². The quantitative estimate of drug-likeness (QED) is 0.461. The van der Waals surface area contributed by atoms with Gasteiger partial charge in [0.2, 0.25) is 11.8 Å². The van der Waals surface area contributed by atoms with Crippen molar-refractivity contribution in [2.45, 2.75) is 32.7 Å². The smallest absolute Gasteiger partial charge is 0.246 e. The largest absolute Gasteiger partial charge is 0.491 e. The molecule has 0 unspecified atom stereocenters. The molecule has 2 fully saturated rings. The molecule has 0 spiro atoms. The van der Waals surface area contributed by atoms with Gasteiger partial charge in [0.1, 0.15) is 22.9 Å². The van der Waals surface area contributed by atoms with E-state index in [-0.39, 0.29) is 23.8 Å². The lowest BCUT2D eigenvalue weighted by Crippen LogP contribution is -2.57. The zero-order valence-corrected chi connectivity index (χ0v) is 21.2. The lowest BCUT2D eigenvalue weighted by atomic mass is 9.96. The summed E-state index contributed by atoms with van der Waals surface area (Å²) in [5, 5.41) is 18.5. The molecule has 2 aliphatic heterocycles. The molecule has 10 heteroatoms. The second-order valence-electron chi connectivity index (χ2n) is 10.2. The first-order valence-corrected chi connectivity index (χ1v) is 12.7. The van der Waals surface area contributed by atoms with Gasteiger partial charge in [-0.05, 0) is 30.9 Å². The maximum absolute atomic E-state index is 12.8. The fourth-order valence-electron chi connectivity index (χ4n) is 4.93. The maximum Gasteiger partial charge on any atom is 0.246 e. The normalized spacial score (nSPS) is 16.6. The number of rotatable bonds is 7. The fraction of sp³-hybridized carbons (Fsp3) is 0.444. The van der Waals surface area contributed by atoms with Crippen molar-refractivity contribution < 1.29 is 14.3 Å². The number of likely N-dealkylation sites (tertiary alicyclic amines) is 2. The molecule has 0 atom stereocenters. The fourth-order valence-corrected chi connectivity index (χ4v) is 4.93. The third-order valence-corrected chi connectivity index (χ3v) is 7.07. The number of fused-ring (bicyclic) bond motifs is 1. The molecule has 2 saturated heterocycles. The number of hydrogen-bond donors (Lipinski definition) is 0. The number of piperidine rings is 1. The van der Waals surface area contributed by atoms with E-state index in [2.05, 4.69) is 36.7 Å². The summed E-state index contributed by atoms with van der Waals surface area (Å²) in [5.74, 6) is 0.876. The number of carbonyl (C=O) groups excluding carboxylic acids is 2. The third kappa shape index (κ3) is 4.81. The Morgan fingerprint density at radius 1 is 1.16 bits per heavy atom. The Kier molecular flexibility index (Phi) is 6.70. The van der Waals surface area contributed by atoms with E-state index in [0.29, 0.717) is 55.5 Å². The number of carbonyl (C=O) groups is 2. The van der Waals surface area contributed by atoms with Gasteiger partial charge in [-0.2, -0.15) is 15.5 Å². The van der Waals surface area contributed by atoms with Gasteiger partial charge in [-0.25, -0.2) is 4.52 Å². The van der Waals surface area contributed by atoms with Gasteiger partial charge < -0.3 is 14.5 Å². The van der Waals surface area contributed by atoms with Crippen LogP contribution in [0.1, 0.15) is 38.3 Å². The second-order valence-corrected chi connectivity index (χ2v) is 10.2. The topological polar surface area (TPSA) is 109 Å². The average molecular weight is 502 g/mol. The standard InChI is InChI=1S/C27H31N7O3/c1-4-25(35)32-13-22(14-32)27(36)31-7-5-23(6-8-31)33-16-21(12-29-33)19-9-24(37-17-18(2)3)26-20(10-28)11-30-34(26)15-19/h4,9,11-12,15-16,18,22-23H,1,5-8,13-14,17H2,2-3H3. The lowest BCUT2D eigenvalue weighted by Gasteiger charge is -2.41. The minimum Gasteiger partial charge on any atom is -0.491 e. The highest BCUT2D eigenvalue weighted by Crippen LogP contribution is 2.32. The molecule has 37 heavy (non-hydrogen) atoms. The van der Waals surface area contributed by atoms with Gasteiger partial charge >= 0.3 is 0 Å². The Morgan fingerprint density at radius 3 is 2.59 bits per heavy atom. The zero-order valence-electron chi connectivity index (χ0n) is 21.2. The first-order valence-electron chi connectivity index (χ1n) is 12.7. The summed E-state index contributed by atoms with van der Waals surface area (Å²) in [7, 11) is 0. The second kappa shape index (κ2) is 10.1. The van der Waals surface area contributed by atoms with Crippen LogP contribution in [0.5, 0.6) is 5.75 Å². The number of ether oxygens (including phenoxy) is 1. The number of amides is 2. The molecule has 0 aromatic carbocycles. The summed E-state index contributed by atoms with van der Waals surface area (Å²) in [6, 6.07) is 4.34. The number of pyridine rings is 1. The Hall–Kier alpha value is -4.13. The molecule has 0 radical (unpaired) electrons. The van der Waals surface area contributed by atoms with Crippen LogP contribution in [0.4, 0.5) is 0 Å². The molecule has 0 saturated carbocycles. The molecule has 3 aromatic heterocycles. The lowest BCUT2D eigenvalue weighted by molar-refractivity contribution is -0.147. The molecule has 5 heterocycles. The van der Waals surface area contributed by atoms with Gasteiger partial charge in [0.25, 0.3) is 0 Å². The Morgan fingerprint density at radius 2 is 1.92 bits per heavy atom. The van der Waals surface area contributed by atoms with E-state index in [1.165, 1.54) is 6.08 Å². The van der Waals surface area contributed by atoms with Crippen molar-refractivity contribution in [3.05, 3.63) is 49.1 Å². The molecular formula is C27H31N7O3. The van der Waals surface area contributed by atoms with Crippen LogP contribution in [0.3, 0.4) is 0 Å². The van der Waals surface area contributed by atoms with Crippen LogP contribution >= 0.6 is 0 Å². The van der Waals surface area contributed by atoms with E-state index in [1.807, 2.05) is 34.2 Å². The monoisotopic (exact) mass is 501 g/mol. The average Bonchev–Trinajstić information content (AvgIpc) is 3.53. The number of nitriles is 1. The number of nitrogens with zero attached hydrogens (tertiary/aromatic N) is 7. The van der Waals surface area contributed by atoms with Crippen LogP contribution in [0, 0.1) is 23.2 Å². The number of hydrogen-bond acceptors (Lipinski definition) is 6. The van der Waals surface area contributed by atoms with Crippen LogP contribution in [-0.4, -0.2) is 73.8 Å². The summed E-state index contributed by atoms with van der Waals surface area (Å²) in [5.41, 5.74) is 2.98. The molecule has 0 aliphatic carbocycles. The van der Waals surface area contributed by atoms with Crippen LogP contribution < -0.4 is 4.74 Å². The SMILES string of the molecule is C=CC(=O)N1CC(C(=O)N2CCC(n3cc(-c4cc(OCC(C)C)c5c(C#N)cnn5c4)cn3)CC2)C1. The van der Waals surface area contributed by atoms with Crippen molar-refractivity contribution in [2.75, 3.05) is 32.8 Å². The van der Waals surface area contributed by atoms with Crippen molar-refractivity contribution >= 4 is 17.3 Å². The number of aromatic nitrogens is 4. The summed E-state index contributed by atoms with van der Waals surface area (Å²) in [6.45, 7) is 10.5. The highest BCUT2D eigenvalue weighted by molar-refractivity contribution is 5.90. The van der Waals surface area contributed by atoms with Crippen LogP contribution in [-0.2, 0) is 9.59 Å². The predicted octanol–water partition coefficient (Wildman–Crippen LogP) is 2.91. The summed E-state index contributed by atoms with van der Waals surface area (Å²) in [4.78, 5) is 28.0. The molecule has 5 rings (SSSR count). The molecule has 10 nitrogen and oxygen atoms in total. The molecule has 192 valence electrons. The molecule has 2 aliphatic rings. The molecule has 0 bridgehead atoms. The van der Waals surface area contributed by atoms with Gasteiger partial charge in [0.15, 0.2) is 0 Å². The third-order valence-electron chi connectivity index (χ3n) is 7.07. The van der Waals surface area contributed by atoms with Gasteiger partial charge in [0, 0.05) is 49.7 Å². The highest BCUT2D eigenvalue weighted by atomic mass is 16.5. The van der Waals surface area contributed by atoms with Gasteiger partial charge in [0.05, 0.1) is 31.0 Å². The van der Waals surface area contributed by atoms with Crippen molar-refractivity contribution in [3.8, 4) is 22.9 Å². The van der Waals surface area contributed by atoms with E-state index in [1.54, 1.807) is 15.6 Å². The summed E-state index contributed by atoms with van der Waals surface area (Å²) in [6.07, 6.45) is 10.2. The van der Waals surface area contributed by atoms with Crippen molar-refractivity contribution in [2.24, 2.45) is 11.8 Å². The Balaban J connectivity index is 1.26. The first kappa shape index (κ1) is 24.6. The summed E-state index contributed by atoms with van der Waals surface area (Å²) < 4.78 is 9.73. The predicted molar refractivity (Wildman–Crippen MR) is 137 cm³/mol. The van der Waals surface area contributed by atoms with Crippen molar-refractivity contribution in [1.82, 2.24) is 29.2 Å². The van der Waals surface area contributed by atoms with E-state index < -0.39 is 0 Å². The summed E-state index contributed by atoms with van der Waals surface area (Å²) >= 11 is 0. The minimum atomic E-state index is -0.118. The Bertz CT molecular complexity index is 1370. The van der Waals surface area contributed by atoms with Gasteiger partial charge in [-0.15, -0.1) is 0 Å². The molecule has 3 aromatic rings. The van der Waals surface area contributed by atoms with E-state index in [9.17, 15) is 14.9 Å². The van der Waals surface area contributed by atoms with Gasteiger partial charge in [-0.3, -0.25) is 14.3 Å². The van der Waals surface area contributed by atoms with Crippen molar-refractivity contribution in [3.63, 3.8) is 0 Å². The van der Waals surface area contributed by atoms with Crippen LogP contribution in [0.25, 0.3) is 16.6 Å². The molecule has 0 N–H and O–H groups in total. The van der Waals surface area contributed by atoms with Gasteiger partial charge in [-0.1, -0.05) is 20.4 Å². The van der Waals surface area contributed by atoms with Crippen molar-refractivity contribution in [1.29, 1.82) is 5.26 Å². The highest BCUT2D eigenvalue weighted by Gasteiger charge is 2.38. The van der Waals surface area contributed by atoms with E-state index in [4.69, 9.17) is 4.74 Å². The van der Waals surface area contributed by atoms with Crippen LogP contribution in [0.15, 0.2) is 43.5 Å². The molecular weight excluding hydrogens is 470 g/mol. The zero-order chi connectivity index (χ0) is 26.1. The maximum atomic E-state index is 12.8. The molecule has 2 amide bonds. The first-order chi connectivity index (χ1) is 17.9. The minimum absolute atomic E-state index is 0.109.